The molecule has 0 saturated carbocycles. The molecule has 186 valence electrons. The highest BCUT2D eigenvalue weighted by Crippen LogP contribution is 2.32. The van der Waals surface area contributed by atoms with E-state index in [4.69, 9.17) is 0 Å². The standard InChI is InChI=1S/C30H28N4O2S/c35-29(25-13-11-23(12-14-25)22-7-3-1-4-8-22)33-19-26(20-33)34-17-16-32(30(36)28-31-15-18-37-28)21-27(34)24-9-5-2-6-10-24/h1-15,18,26-27H,16-17,19-21H2. The van der Waals surface area contributed by atoms with Crippen molar-refractivity contribution in [2.24, 2.45) is 0 Å². The third-order valence-corrected chi connectivity index (χ3v) is 8.13. The largest absolute Gasteiger partial charge is 0.335 e. The highest BCUT2D eigenvalue weighted by molar-refractivity contribution is 7.11. The first-order valence-corrected chi connectivity index (χ1v) is 13.5. The fraction of sp³-hybridized carbons (Fsp3) is 0.233. The summed E-state index contributed by atoms with van der Waals surface area (Å²) in [6.45, 7) is 3.45. The van der Waals surface area contributed by atoms with Gasteiger partial charge in [0, 0.05) is 55.9 Å². The van der Waals surface area contributed by atoms with Gasteiger partial charge >= 0.3 is 0 Å². The summed E-state index contributed by atoms with van der Waals surface area (Å²) in [4.78, 5) is 36.7. The third-order valence-electron chi connectivity index (χ3n) is 7.37. The van der Waals surface area contributed by atoms with E-state index in [2.05, 4.69) is 34.1 Å². The van der Waals surface area contributed by atoms with Gasteiger partial charge in [-0.3, -0.25) is 14.5 Å². The summed E-state index contributed by atoms with van der Waals surface area (Å²) >= 11 is 1.39. The van der Waals surface area contributed by atoms with Gasteiger partial charge in [0.05, 0.1) is 6.04 Å². The molecule has 0 aliphatic carbocycles. The summed E-state index contributed by atoms with van der Waals surface area (Å²) in [7, 11) is 0. The Kier molecular flexibility index (Phi) is 6.55. The van der Waals surface area contributed by atoms with E-state index in [1.807, 2.05) is 75.8 Å². The lowest BCUT2D eigenvalue weighted by atomic mass is 9.96. The number of aromatic nitrogens is 1. The number of amides is 2. The average molecular weight is 509 g/mol. The molecule has 2 aliphatic rings. The summed E-state index contributed by atoms with van der Waals surface area (Å²) in [5.41, 5.74) is 4.16. The van der Waals surface area contributed by atoms with E-state index in [1.165, 1.54) is 16.9 Å². The quantitative estimate of drug-likeness (QED) is 0.387. The van der Waals surface area contributed by atoms with Crippen LogP contribution in [0, 0.1) is 0 Å². The lowest BCUT2D eigenvalue weighted by molar-refractivity contribution is -0.0186. The number of rotatable bonds is 5. The number of likely N-dealkylation sites (tertiary alicyclic amines) is 1. The Bertz CT molecular complexity index is 1350. The number of thiazole rings is 1. The number of benzene rings is 3. The fourth-order valence-electron chi connectivity index (χ4n) is 5.30. The van der Waals surface area contributed by atoms with Crippen molar-refractivity contribution in [2.45, 2.75) is 12.1 Å². The first kappa shape index (κ1) is 23.6. The van der Waals surface area contributed by atoms with Crippen LogP contribution in [0.25, 0.3) is 11.1 Å². The molecule has 0 radical (unpaired) electrons. The van der Waals surface area contributed by atoms with Crippen LogP contribution in [-0.2, 0) is 0 Å². The van der Waals surface area contributed by atoms with Crippen molar-refractivity contribution in [3.63, 3.8) is 0 Å². The molecule has 0 bridgehead atoms. The minimum absolute atomic E-state index is 0.0000514. The van der Waals surface area contributed by atoms with Crippen molar-refractivity contribution in [3.8, 4) is 11.1 Å². The molecule has 4 aromatic rings. The van der Waals surface area contributed by atoms with Crippen molar-refractivity contribution >= 4 is 23.2 Å². The minimum Gasteiger partial charge on any atom is -0.335 e. The van der Waals surface area contributed by atoms with Crippen LogP contribution in [-0.4, -0.2) is 70.3 Å². The molecule has 1 atom stereocenters. The first-order valence-electron chi connectivity index (χ1n) is 12.6. The zero-order chi connectivity index (χ0) is 25.2. The van der Waals surface area contributed by atoms with Crippen LogP contribution >= 0.6 is 11.3 Å². The third kappa shape index (κ3) is 4.80. The Hall–Kier alpha value is -3.81. The maximum atomic E-state index is 13.2. The molecular weight excluding hydrogens is 480 g/mol. The van der Waals surface area contributed by atoms with Crippen molar-refractivity contribution < 1.29 is 9.59 Å². The Labute approximate surface area is 220 Å². The Balaban J connectivity index is 1.13. The van der Waals surface area contributed by atoms with E-state index >= 15 is 0 Å². The van der Waals surface area contributed by atoms with Gasteiger partial charge in [-0.15, -0.1) is 11.3 Å². The number of carbonyl (C=O) groups is 2. The molecule has 3 heterocycles. The topological polar surface area (TPSA) is 56.8 Å². The van der Waals surface area contributed by atoms with Gasteiger partial charge in [-0.2, -0.15) is 0 Å². The molecule has 0 N–H and O–H groups in total. The van der Waals surface area contributed by atoms with Gasteiger partial charge in [0.1, 0.15) is 0 Å². The van der Waals surface area contributed by atoms with Crippen LogP contribution in [0.5, 0.6) is 0 Å². The van der Waals surface area contributed by atoms with Crippen LogP contribution < -0.4 is 0 Å². The SMILES string of the molecule is O=C(c1ccc(-c2ccccc2)cc1)N1CC(N2CCN(C(=O)c3nccs3)CC2c2ccccc2)C1. The van der Waals surface area contributed by atoms with Crippen LogP contribution in [0.1, 0.15) is 31.8 Å². The average Bonchev–Trinajstić information content (AvgIpc) is 3.48. The van der Waals surface area contributed by atoms with E-state index < -0.39 is 0 Å². The Morgan fingerprint density at radius 2 is 1.41 bits per heavy atom. The minimum atomic E-state index is -0.0000514. The molecule has 7 heteroatoms. The predicted molar refractivity (Wildman–Crippen MR) is 145 cm³/mol. The molecule has 2 aliphatic heterocycles. The van der Waals surface area contributed by atoms with Crippen molar-refractivity contribution in [1.82, 2.24) is 19.7 Å². The second-order valence-electron chi connectivity index (χ2n) is 9.56. The van der Waals surface area contributed by atoms with Crippen LogP contribution in [0.15, 0.2) is 96.5 Å². The Morgan fingerprint density at radius 3 is 2.08 bits per heavy atom. The molecule has 2 fully saturated rings. The Morgan fingerprint density at radius 1 is 0.730 bits per heavy atom. The summed E-state index contributed by atoms with van der Waals surface area (Å²) < 4.78 is 0. The molecule has 37 heavy (non-hydrogen) atoms. The van der Waals surface area contributed by atoms with Gasteiger partial charge < -0.3 is 9.80 Å². The predicted octanol–water partition coefficient (Wildman–Crippen LogP) is 4.83. The maximum Gasteiger partial charge on any atom is 0.282 e. The molecule has 2 saturated heterocycles. The lowest BCUT2D eigenvalue weighted by Crippen LogP contribution is -2.65. The van der Waals surface area contributed by atoms with Gasteiger partial charge in [0.25, 0.3) is 11.8 Å². The van der Waals surface area contributed by atoms with Crippen molar-refractivity contribution in [3.05, 3.63) is 113 Å². The number of nitrogens with zero attached hydrogens (tertiary/aromatic N) is 4. The van der Waals surface area contributed by atoms with E-state index in [0.717, 1.165) is 23.2 Å². The summed E-state index contributed by atoms with van der Waals surface area (Å²) in [5.74, 6) is 0.0738. The number of hydrogen-bond acceptors (Lipinski definition) is 5. The van der Waals surface area contributed by atoms with Gasteiger partial charge in [-0.05, 0) is 28.8 Å². The first-order chi connectivity index (χ1) is 18.2. The lowest BCUT2D eigenvalue weighted by Gasteiger charge is -2.51. The van der Waals surface area contributed by atoms with Crippen LogP contribution in [0.3, 0.4) is 0 Å². The molecule has 0 spiro atoms. The van der Waals surface area contributed by atoms with E-state index in [1.54, 1.807) is 6.20 Å². The summed E-state index contributed by atoms with van der Waals surface area (Å²) in [5, 5.41) is 2.38. The molecule has 3 aromatic carbocycles. The summed E-state index contributed by atoms with van der Waals surface area (Å²) in [6.07, 6.45) is 1.68. The van der Waals surface area contributed by atoms with Crippen molar-refractivity contribution in [1.29, 1.82) is 0 Å². The van der Waals surface area contributed by atoms with Crippen molar-refractivity contribution in [2.75, 3.05) is 32.7 Å². The monoisotopic (exact) mass is 508 g/mol. The van der Waals surface area contributed by atoms with E-state index in [9.17, 15) is 9.59 Å². The molecule has 6 nitrogen and oxygen atoms in total. The molecular formula is C30H28N4O2S. The summed E-state index contributed by atoms with van der Waals surface area (Å²) in [6, 6.07) is 28.8. The number of carbonyl (C=O) groups excluding carboxylic acids is 2. The zero-order valence-electron chi connectivity index (χ0n) is 20.4. The molecule has 2 amide bonds. The second-order valence-corrected chi connectivity index (χ2v) is 10.5. The second kappa shape index (κ2) is 10.3. The molecule has 6 rings (SSSR count). The van der Waals surface area contributed by atoms with Gasteiger partial charge in [0.2, 0.25) is 0 Å². The smallest absolute Gasteiger partial charge is 0.282 e. The van der Waals surface area contributed by atoms with E-state index in [-0.39, 0.29) is 23.9 Å². The maximum absolute atomic E-state index is 13.2. The normalized spacial score (nSPS) is 18.4. The van der Waals surface area contributed by atoms with Crippen LogP contribution in [0.2, 0.25) is 0 Å². The van der Waals surface area contributed by atoms with Gasteiger partial charge in [-0.1, -0.05) is 72.8 Å². The van der Waals surface area contributed by atoms with Crippen LogP contribution in [0.4, 0.5) is 0 Å². The van der Waals surface area contributed by atoms with Gasteiger partial charge in [-0.25, -0.2) is 4.98 Å². The number of hydrogen-bond donors (Lipinski definition) is 0. The van der Waals surface area contributed by atoms with Gasteiger partial charge in [0.15, 0.2) is 5.01 Å². The van der Waals surface area contributed by atoms with E-state index in [0.29, 0.717) is 31.2 Å². The highest BCUT2D eigenvalue weighted by Gasteiger charge is 2.41. The molecule has 1 unspecified atom stereocenters. The highest BCUT2D eigenvalue weighted by atomic mass is 32.1. The fourth-order valence-corrected chi connectivity index (χ4v) is 5.91. The number of piperazine rings is 1. The molecule has 1 aromatic heterocycles. The zero-order valence-corrected chi connectivity index (χ0v) is 21.3.